The van der Waals surface area contributed by atoms with Crippen molar-refractivity contribution in [3.63, 3.8) is 0 Å². The van der Waals surface area contributed by atoms with Crippen LogP contribution in [0.1, 0.15) is 13.3 Å². The van der Waals surface area contributed by atoms with Gasteiger partial charge in [0.2, 0.25) is 5.91 Å². The van der Waals surface area contributed by atoms with E-state index in [-0.39, 0.29) is 5.91 Å². The fourth-order valence-electron chi connectivity index (χ4n) is 1.21. The summed E-state index contributed by atoms with van der Waals surface area (Å²) < 4.78 is 0. The van der Waals surface area contributed by atoms with Gasteiger partial charge in [0.05, 0.1) is 5.02 Å². The number of nitrogens with two attached hydrogens (primary N) is 1. The summed E-state index contributed by atoms with van der Waals surface area (Å²) in [4.78, 5) is 12.1. The Labute approximate surface area is 105 Å². The van der Waals surface area contributed by atoms with Crippen molar-refractivity contribution < 1.29 is 4.79 Å². The van der Waals surface area contributed by atoms with Crippen LogP contribution in [0.2, 0.25) is 5.02 Å². The molecule has 0 aliphatic rings. The van der Waals surface area contributed by atoms with Crippen LogP contribution in [0.5, 0.6) is 0 Å². The van der Waals surface area contributed by atoms with Gasteiger partial charge in [-0.05, 0) is 19.1 Å². The second-order valence-electron chi connectivity index (χ2n) is 3.21. The minimum atomic E-state index is 0.0561. The number of amides is 1. The SMILES string of the molecule is CCNC(=O)CCSc1c(N)cccc1Cl. The number of hydrogen-bond donors (Lipinski definition) is 2. The summed E-state index contributed by atoms with van der Waals surface area (Å²) in [5.41, 5.74) is 6.45. The molecule has 0 saturated heterocycles. The summed E-state index contributed by atoms with van der Waals surface area (Å²) in [5, 5.41) is 3.38. The number of nitrogens with one attached hydrogen (secondary N) is 1. The standard InChI is InChI=1S/C11H15ClN2OS/c1-2-14-10(15)6-7-16-11-8(12)4-3-5-9(11)13/h3-5H,2,6-7,13H2,1H3,(H,14,15). The van der Waals surface area contributed by atoms with Gasteiger partial charge in [0.1, 0.15) is 0 Å². The van der Waals surface area contributed by atoms with E-state index >= 15 is 0 Å². The van der Waals surface area contributed by atoms with Crippen molar-refractivity contribution in [1.82, 2.24) is 5.32 Å². The lowest BCUT2D eigenvalue weighted by Gasteiger charge is -2.07. The molecule has 0 bridgehead atoms. The van der Waals surface area contributed by atoms with E-state index < -0.39 is 0 Å². The van der Waals surface area contributed by atoms with Crippen molar-refractivity contribution in [2.24, 2.45) is 0 Å². The maximum atomic E-state index is 11.2. The number of halogens is 1. The molecular formula is C11H15ClN2OS. The predicted molar refractivity (Wildman–Crippen MR) is 69.9 cm³/mol. The summed E-state index contributed by atoms with van der Waals surface area (Å²) in [7, 11) is 0. The van der Waals surface area contributed by atoms with Gasteiger partial charge in [-0.1, -0.05) is 17.7 Å². The number of hydrogen-bond acceptors (Lipinski definition) is 3. The summed E-state index contributed by atoms with van der Waals surface area (Å²) in [6, 6.07) is 5.41. The van der Waals surface area contributed by atoms with Gasteiger partial charge < -0.3 is 11.1 Å². The first-order valence-corrected chi connectivity index (χ1v) is 6.45. The lowest BCUT2D eigenvalue weighted by atomic mass is 10.3. The Morgan fingerprint density at radius 1 is 1.56 bits per heavy atom. The van der Waals surface area contributed by atoms with E-state index in [9.17, 15) is 4.79 Å². The van der Waals surface area contributed by atoms with Crippen molar-refractivity contribution in [3.8, 4) is 0 Å². The first-order chi connectivity index (χ1) is 7.65. The Balaban J connectivity index is 2.46. The smallest absolute Gasteiger partial charge is 0.220 e. The van der Waals surface area contributed by atoms with Crippen molar-refractivity contribution in [3.05, 3.63) is 23.2 Å². The zero-order valence-electron chi connectivity index (χ0n) is 9.13. The highest BCUT2D eigenvalue weighted by Crippen LogP contribution is 2.32. The molecule has 0 fully saturated rings. The van der Waals surface area contributed by atoms with Crippen LogP contribution < -0.4 is 11.1 Å². The van der Waals surface area contributed by atoms with E-state index in [0.717, 1.165) is 4.90 Å². The molecule has 0 aliphatic carbocycles. The van der Waals surface area contributed by atoms with Crippen molar-refractivity contribution >= 4 is 35.0 Å². The third kappa shape index (κ3) is 3.94. The molecule has 3 N–H and O–H groups in total. The minimum absolute atomic E-state index is 0.0561. The highest BCUT2D eigenvalue weighted by Gasteiger charge is 2.06. The highest BCUT2D eigenvalue weighted by molar-refractivity contribution is 7.99. The molecule has 0 atom stereocenters. The summed E-state index contributed by atoms with van der Waals surface area (Å²) in [6.07, 6.45) is 0.475. The highest BCUT2D eigenvalue weighted by atomic mass is 35.5. The summed E-state index contributed by atoms with van der Waals surface area (Å²) in [5.74, 6) is 0.736. The molecule has 0 unspecified atom stereocenters. The van der Waals surface area contributed by atoms with E-state index in [2.05, 4.69) is 5.32 Å². The minimum Gasteiger partial charge on any atom is -0.398 e. The predicted octanol–water partition coefficient (Wildman–Crippen LogP) is 2.54. The molecule has 0 radical (unpaired) electrons. The maximum absolute atomic E-state index is 11.2. The number of carbonyl (C=O) groups is 1. The number of benzene rings is 1. The van der Waals surface area contributed by atoms with Gasteiger partial charge in [-0.2, -0.15) is 0 Å². The monoisotopic (exact) mass is 258 g/mol. The molecule has 16 heavy (non-hydrogen) atoms. The lowest BCUT2D eigenvalue weighted by Crippen LogP contribution is -2.22. The number of rotatable bonds is 5. The zero-order chi connectivity index (χ0) is 12.0. The third-order valence-corrected chi connectivity index (χ3v) is 3.53. The molecular weight excluding hydrogens is 244 g/mol. The Morgan fingerprint density at radius 2 is 2.31 bits per heavy atom. The van der Waals surface area contributed by atoms with Gasteiger partial charge >= 0.3 is 0 Å². The molecule has 88 valence electrons. The largest absolute Gasteiger partial charge is 0.398 e. The topological polar surface area (TPSA) is 55.1 Å². The van der Waals surface area contributed by atoms with Crippen molar-refractivity contribution in [1.29, 1.82) is 0 Å². The van der Waals surface area contributed by atoms with Gasteiger partial charge in [-0.3, -0.25) is 4.79 Å². The molecule has 1 rings (SSSR count). The fourth-order valence-corrected chi connectivity index (χ4v) is 2.49. The molecule has 1 aromatic carbocycles. The quantitative estimate of drug-likeness (QED) is 0.630. The van der Waals surface area contributed by atoms with Gasteiger partial charge in [-0.15, -0.1) is 11.8 Å². The molecule has 0 heterocycles. The maximum Gasteiger partial charge on any atom is 0.220 e. The van der Waals surface area contributed by atoms with E-state index in [4.69, 9.17) is 17.3 Å². The molecule has 1 amide bonds. The van der Waals surface area contributed by atoms with E-state index in [1.165, 1.54) is 11.8 Å². The van der Waals surface area contributed by atoms with Crippen LogP contribution in [0, 0.1) is 0 Å². The summed E-state index contributed by atoms with van der Waals surface area (Å²) in [6.45, 7) is 2.56. The van der Waals surface area contributed by atoms with E-state index in [0.29, 0.717) is 29.4 Å². The van der Waals surface area contributed by atoms with E-state index in [1.54, 1.807) is 12.1 Å². The molecule has 0 aromatic heterocycles. The van der Waals surface area contributed by atoms with Crippen LogP contribution in [-0.4, -0.2) is 18.2 Å². The second kappa shape index (κ2) is 6.66. The molecule has 0 aliphatic heterocycles. The van der Waals surface area contributed by atoms with Crippen molar-refractivity contribution in [2.75, 3.05) is 18.0 Å². The molecule has 5 heteroatoms. The van der Waals surface area contributed by atoms with Crippen LogP contribution >= 0.6 is 23.4 Å². The average Bonchev–Trinajstić information content (AvgIpc) is 2.23. The summed E-state index contributed by atoms with van der Waals surface area (Å²) >= 11 is 7.51. The van der Waals surface area contributed by atoms with Crippen LogP contribution in [0.3, 0.4) is 0 Å². The average molecular weight is 259 g/mol. The first-order valence-electron chi connectivity index (χ1n) is 5.08. The van der Waals surface area contributed by atoms with Crippen molar-refractivity contribution in [2.45, 2.75) is 18.2 Å². The van der Waals surface area contributed by atoms with Crippen LogP contribution in [0.15, 0.2) is 23.1 Å². The van der Waals surface area contributed by atoms with Crippen LogP contribution in [0.25, 0.3) is 0 Å². The molecule has 0 spiro atoms. The Hall–Kier alpha value is -0.870. The Morgan fingerprint density at radius 3 is 2.94 bits per heavy atom. The first kappa shape index (κ1) is 13.2. The van der Waals surface area contributed by atoms with Gasteiger partial charge in [0.25, 0.3) is 0 Å². The molecule has 3 nitrogen and oxygen atoms in total. The van der Waals surface area contributed by atoms with Gasteiger partial charge in [-0.25, -0.2) is 0 Å². The number of nitrogen functional groups attached to an aromatic ring is 1. The fraction of sp³-hybridized carbons (Fsp3) is 0.364. The normalized spacial score (nSPS) is 10.1. The number of carbonyl (C=O) groups excluding carboxylic acids is 1. The van der Waals surface area contributed by atoms with Gasteiger partial charge in [0.15, 0.2) is 0 Å². The number of thioether (sulfide) groups is 1. The second-order valence-corrected chi connectivity index (χ2v) is 4.72. The van der Waals surface area contributed by atoms with Gasteiger partial charge in [0, 0.05) is 29.3 Å². The Bertz CT molecular complexity index is 351. The van der Waals surface area contributed by atoms with Crippen LogP contribution in [-0.2, 0) is 4.79 Å². The third-order valence-electron chi connectivity index (χ3n) is 1.95. The molecule has 0 saturated carbocycles. The van der Waals surface area contributed by atoms with E-state index in [1.807, 2.05) is 13.0 Å². The number of anilines is 1. The molecule has 1 aromatic rings. The van der Waals surface area contributed by atoms with Crippen LogP contribution in [0.4, 0.5) is 5.69 Å². The Kier molecular flexibility index (Phi) is 5.49. The zero-order valence-corrected chi connectivity index (χ0v) is 10.7. The lowest BCUT2D eigenvalue weighted by molar-refractivity contribution is -0.120.